The summed E-state index contributed by atoms with van der Waals surface area (Å²) < 4.78 is 5.04. The van der Waals surface area contributed by atoms with Crippen molar-refractivity contribution >= 4 is 5.78 Å². The van der Waals surface area contributed by atoms with Crippen molar-refractivity contribution in [2.75, 3.05) is 7.11 Å². The third kappa shape index (κ3) is 1.95. The van der Waals surface area contributed by atoms with Crippen LogP contribution in [0, 0.1) is 0 Å². The Morgan fingerprint density at radius 2 is 1.93 bits per heavy atom. The molecule has 0 spiro atoms. The molecular formula is C12H16O2. The third-order valence-electron chi connectivity index (χ3n) is 2.24. The smallest absolute Gasteiger partial charge is 0.163 e. The first-order valence-electron chi connectivity index (χ1n) is 5.01. The Labute approximate surface area is 84.9 Å². The Balaban J connectivity index is 0.000000461. The number of carbonyl (C=O) groups excluding carboxylic acids is 1. The summed E-state index contributed by atoms with van der Waals surface area (Å²) in [4.78, 5) is 11.3. The summed E-state index contributed by atoms with van der Waals surface area (Å²) in [7, 11) is 1.61. The van der Waals surface area contributed by atoms with E-state index in [0.717, 1.165) is 23.3 Å². The zero-order valence-corrected chi connectivity index (χ0v) is 8.96. The summed E-state index contributed by atoms with van der Waals surface area (Å²) in [5.41, 5.74) is 2.00. The third-order valence-corrected chi connectivity index (χ3v) is 2.24. The van der Waals surface area contributed by atoms with Crippen LogP contribution in [-0.4, -0.2) is 12.9 Å². The van der Waals surface area contributed by atoms with Crippen molar-refractivity contribution in [3.05, 3.63) is 29.3 Å². The van der Waals surface area contributed by atoms with Crippen LogP contribution in [-0.2, 0) is 6.42 Å². The lowest BCUT2D eigenvalue weighted by molar-refractivity contribution is 0.0994. The highest BCUT2D eigenvalue weighted by atomic mass is 16.5. The topological polar surface area (TPSA) is 26.3 Å². The maximum absolute atomic E-state index is 11.3. The molecule has 2 nitrogen and oxygen atoms in total. The molecule has 0 N–H and O–H groups in total. The monoisotopic (exact) mass is 192 g/mol. The number of Topliss-reactive ketones (excluding diaryl/α,β-unsaturated/α-hetero) is 1. The molecule has 0 saturated heterocycles. The first kappa shape index (κ1) is 10.8. The molecule has 1 aromatic rings. The van der Waals surface area contributed by atoms with Crippen LogP contribution < -0.4 is 4.74 Å². The summed E-state index contributed by atoms with van der Waals surface area (Å²) in [5.74, 6) is 1.01. The Hall–Kier alpha value is -1.31. The number of rotatable bonds is 1. The predicted octanol–water partition coefficient (Wildman–Crippen LogP) is 2.85. The van der Waals surface area contributed by atoms with Crippen LogP contribution in [0.25, 0.3) is 0 Å². The second-order valence-electron chi connectivity index (χ2n) is 2.95. The minimum Gasteiger partial charge on any atom is -0.497 e. The molecule has 0 amide bonds. The molecule has 0 aromatic heterocycles. The maximum Gasteiger partial charge on any atom is 0.163 e. The second kappa shape index (κ2) is 4.80. The molecule has 14 heavy (non-hydrogen) atoms. The minimum atomic E-state index is 0.240. The van der Waals surface area contributed by atoms with Gasteiger partial charge in [0.2, 0.25) is 0 Å². The quantitative estimate of drug-likeness (QED) is 0.684. The van der Waals surface area contributed by atoms with Gasteiger partial charge in [0.25, 0.3) is 0 Å². The number of aryl methyl sites for hydroxylation is 1. The highest BCUT2D eigenvalue weighted by Crippen LogP contribution is 2.25. The van der Waals surface area contributed by atoms with Gasteiger partial charge in [-0.25, -0.2) is 0 Å². The molecule has 0 heterocycles. The van der Waals surface area contributed by atoms with E-state index in [2.05, 4.69) is 0 Å². The van der Waals surface area contributed by atoms with Crippen LogP contribution in [0.3, 0.4) is 0 Å². The molecule has 0 unspecified atom stereocenters. The fourth-order valence-electron chi connectivity index (χ4n) is 1.54. The average Bonchev–Trinajstić information content (AvgIpc) is 2.63. The SMILES string of the molecule is CC.COc1ccc2c(c1)C(=O)CC2. The molecule has 2 heteroatoms. The molecule has 1 aromatic carbocycles. The van der Waals surface area contributed by atoms with E-state index in [1.807, 2.05) is 32.0 Å². The fourth-order valence-corrected chi connectivity index (χ4v) is 1.54. The molecule has 76 valence electrons. The molecule has 2 rings (SSSR count). The van der Waals surface area contributed by atoms with Crippen LogP contribution in [0.2, 0.25) is 0 Å². The van der Waals surface area contributed by atoms with Gasteiger partial charge in [0.05, 0.1) is 7.11 Å². The molecular weight excluding hydrogens is 176 g/mol. The van der Waals surface area contributed by atoms with Crippen molar-refractivity contribution in [2.24, 2.45) is 0 Å². The van der Waals surface area contributed by atoms with Gasteiger partial charge >= 0.3 is 0 Å². The fraction of sp³-hybridized carbons (Fsp3) is 0.417. The minimum absolute atomic E-state index is 0.240. The lowest BCUT2D eigenvalue weighted by Crippen LogP contribution is -1.92. The number of benzene rings is 1. The van der Waals surface area contributed by atoms with Crippen molar-refractivity contribution in [1.29, 1.82) is 0 Å². The van der Waals surface area contributed by atoms with Crippen molar-refractivity contribution < 1.29 is 9.53 Å². The Bertz CT molecular complexity index is 329. The van der Waals surface area contributed by atoms with Gasteiger partial charge in [-0.05, 0) is 24.1 Å². The van der Waals surface area contributed by atoms with Gasteiger partial charge in [0, 0.05) is 12.0 Å². The predicted molar refractivity (Wildman–Crippen MR) is 57.0 cm³/mol. The largest absolute Gasteiger partial charge is 0.497 e. The van der Waals surface area contributed by atoms with E-state index in [9.17, 15) is 4.79 Å². The highest BCUT2D eigenvalue weighted by molar-refractivity contribution is 6.00. The van der Waals surface area contributed by atoms with Gasteiger partial charge in [0.15, 0.2) is 5.78 Å². The summed E-state index contributed by atoms with van der Waals surface area (Å²) in [6.07, 6.45) is 1.54. The number of ether oxygens (including phenoxy) is 1. The molecule has 0 saturated carbocycles. The molecule has 0 bridgehead atoms. The standard InChI is InChI=1S/C10H10O2.C2H6/c1-12-8-4-2-7-3-5-10(11)9(7)6-8;1-2/h2,4,6H,3,5H2,1H3;1-2H3. The van der Waals surface area contributed by atoms with Gasteiger partial charge in [0.1, 0.15) is 5.75 Å². The van der Waals surface area contributed by atoms with Gasteiger partial charge in [-0.15, -0.1) is 0 Å². The molecule has 0 radical (unpaired) electrons. The molecule has 0 fully saturated rings. The van der Waals surface area contributed by atoms with E-state index < -0.39 is 0 Å². The summed E-state index contributed by atoms with van der Waals surface area (Å²) in [5, 5.41) is 0. The van der Waals surface area contributed by atoms with E-state index in [1.165, 1.54) is 0 Å². The maximum atomic E-state index is 11.3. The van der Waals surface area contributed by atoms with Crippen molar-refractivity contribution in [3.63, 3.8) is 0 Å². The Morgan fingerprint density at radius 3 is 2.57 bits per heavy atom. The summed E-state index contributed by atoms with van der Waals surface area (Å²) in [6, 6.07) is 5.70. The number of ketones is 1. The van der Waals surface area contributed by atoms with E-state index in [0.29, 0.717) is 6.42 Å². The second-order valence-corrected chi connectivity index (χ2v) is 2.95. The number of fused-ring (bicyclic) bond motifs is 1. The number of methoxy groups -OCH3 is 1. The van der Waals surface area contributed by atoms with E-state index in [-0.39, 0.29) is 5.78 Å². The normalized spacial score (nSPS) is 12.9. The zero-order valence-electron chi connectivity index (χ0n) is 8.96. The summed E-state index contributed by atoms with van der Waals surface area (Å²) in [6.45, 7) is 4.00. The van der Waals surface area contributed by atoms with Gasteiger partial charge < -0.3 is 4.74 Å². The first-order chi connectivity index (χ1) is 6.81. The van der Waals surface area contributed by atoms with E-state index in [1.54, 1.807) is 7.11 Å². The number of hydrogen-bond acceptors (Lipinski definition) is 2. The number of carbonyl (C=O) groups is 1. The van der Waals surface area contributed by atoms with Crippen LogP contribution in [0.15, 0.2) is 18.2 Å². The van der Waals surface area contributed by atoms with Crippen molar-refractivity contribution in [2.45, 2.75) is 26.7 Å². The lowest BCUT2D eigenvalue weighted by atomic mass is 10.1. The summed E-state index contributed by atoms with van der Waals surface area (Å²) >= 11 is 0. The van der Waals surface area contributed by atoms with Gasteiger partial charge in [-0.3, -0.25) is 4.79 Å². The van der Waals surface area contributed by atoms with Crippen molar-refractivity contribution in [1.82, 2.24) is 0 Å². The Kier molecular flexibility index (Phi) is 3.69. The average molecular weight is 192 g/mol. The van der Waals surface area contributed by atoms with Crippen LogP contribution >= 0.6 is 0 Å². The molecule has 1 aliphatic carbocycles. The number of hydrogen-bond donors (Lipinski definition) is 0. The molecule has 0 atom stereocenters. The van der Waals surface area contributed by atoms with Gasteiger partial charge in [-0.1, -0.05) is 19.9 Å². The first-order valence-corrected chi connectivity index (χ1v) is 5.01. The van der Waals surface area contributed by atoms with Crippen LogP contribution in [0.5, 0.6) is 5.75 Å². The lowest BCUT2D eigenvalue weighted by Gasteiger charge is -2.01. The van der Waals surface area contributed by atoms with E-state index in [4.69, 9.17) is 4.74 Å². The zero-order chi connectivity index (χ0) is 10.6. The van der Waals surface area contributed by atoms with Crippen molar-refractivity contribution in [3.8, 4) is 5.75 Å². The molecule has 0 aliphatic heterocycles. The Morgan fingerprint density at radius 1 is 1.21 bits per heavy atom. The highest BCUT2D eigenvalue weighted by Gasteiger charge is 2.19. The van der Waals surface area contributed by atoms with Crippen LogP contribution in [0.1, 0.15) is 36.2 Å². The molecule has 1 aliphatic rings. The van der Waals surface area contributed by atoms with E-state index >= 15 is 0 Å². The van der Waals surface area contributed by atoms with Gasteiger partial charge in [-0.2, -0.15) is 0 Å². The van der Waals surface area contributed by atoms with Crippen LogP contribution in [0.4, 0.5) is 0 Å².